The molecule has 5 aromatic rings. The van der Waals surface area contributed by atoms with E-state index in [2.05, 4.69) is 26.0 Å². The summed E-state index contributed by atoms with van der Waals surface area (Å²) in [6, 6.07) is 6.57. The summed E-state index contributed by atoms with van der Waals surface area (Å²) in [7, 11) is 5.15. The summed E-state index contributed by atoms with van der Waals surface area (Å²) >= 11 is 0. The van der Waals surface area contributed by atoms with E-state index >= 15 is 0 Å². The van der Waals surface area contributed by atoms with Gasteiger partial charge in [0, 0.05) is 44.0 Å². The smallest absolute Gasteiger partial charge is 0.261 e. The predicted octanol–water partition coefficient (Wildman–Crippen LogP) is 3.37. The summed E-state index contributed by atoms with van der Waals surface area (Å²) in [4.78, 5) is 46.5. The lowest BCUT2D eigenvalue weighted by molar-refractivity contribution is 0.0997. The van der Waals surface area contributed by atoms with Crippen LogP contribution in [-0.2, 0) is 19.6 Å². The maximum Gasteiger partial charge on any atom is 0.261 e. The van der Waals surface area contributed by atoms with E-state index in [0.717, 1.165) is 19.3 Å². The molecule has 252 valence electrons. The third-order valence-electron chi connectivity index (χ3n) is 7.81. The number of benzene rings is 2. The Balaban J connectivity index is 1.52. The number of fused-ring (bicyclic) bond motifs is 2. The van der Waals surface area contributed by atoms with Crippen LogP contribution in [0.15, 0.2) is 42.6 Å². The average Bonchev–Trinajstić information content (AvgIpc) is 3.76. The fourth-order valence-electron chi connectivity index (χ4n) is 5.46. The number of carbonyl (C=O) groups excluding carboxylic acids is 3. The largest absolute Gasteiger partial charge is 0.494 e. The van der Waals surface area contributed by atoms with Gasteiger partial charge in [0.05, 0.1) is 36.0 Å². The summed E-state index contributed by atoms with van der Waals surface area (Å²) in [6.45, 7) is 6.22. The van der Waals surface area contributed by atoms with Crippen LogP contribution in [0, 0.1) is 6.92 Å². The number of aldehydes is 1. The molecule has 0 spiro atoms. The summed E-state index contributed by atoms with van der Waals surface area (Å²) < 4.78 is 17.2. The van der Waals surface area contributed by atoms with Crippen molar-refractivity contribution < 1.29 is 23.9 Å². The fraction of sp³-hybridized carbons (Fsp3) is 0.333. The molecule has 0 radical (unpaired) electrons. The van der Waals surface area contributed by atoms with Gasteiger partial charge in [-0.1, -0.05) is 12.2 Å². The van der Waals surface area contributed by atoms with Gasteiger partial charge in [-0.15, -0.1) is 0 Å². The molecule has 0 aliphatic rings. The van der Waals surface area contributed by atoms with Crippen molar-refractivity contribution in [2.75, 3.05) is 45.0 Å². The van der Waals surface area contributed by atoms with Gasteiger partial charge >= 0.3 is 0 Å². The van der Waals surface area contributed by atoms with Gasteiger partial charge in [-0.05, 0) is 58.1 Å². The second-order valence-electron chi connectivity index (χ2n) is 11.0. The van der Waals surface area contributed by atoms with Crippen molar-refractivity contribution in [1.29, 1.82) is 0 Å². The highest BCUT2D eigenvalue weighted by atomic mass is 16.5. The molecule has 2 amide bonds. The number of aromatic nitrogens is 6. The third kappa shape index (κ3) is 6.85. The van der Waals surface area contributed by atoms with E-state index in [0.29, 0.717) is 88.1 Å². The molecular formula is C33H40N10O5. The van der Waals surface area contributed by atoms with Gasteiger partial charge in [-0.25, -0.2) is 9.97 Å². The maximum atomic E-state index is 13.5. The van der Waals surface area contributed by atoms with Crippen LogP contribution in [0.1, 0.15) is 50.1 Å². The molecule has 2 aromatic carbocycles. The van der Waals surface area contributed by atoms with Crippen LogP contribution in [-0.4, -0.2) is 81.3 Å². The van der Waals surface area contributed by atoms with E-state index in [-0.39, 0.29) is 11.9 Å². The summed E-state index contributed by atoms with van der Waals surface area (Å²) in [5, 5.41) is 13.5. The molecule has 0 fully saturated rings. The molecular weight excluding hydrogens is 616 g/mol. The summed E-state index contributed by atoms with van der Waals surface area (Å²) in [6.07, 6.45) is 7.08. The normalized spacial score (nSPS) is 11.4. The number of anilines is 2. The molecule has 0 aliphatic carbocycles. The number of methoxy groups -OCH3 is 1. The standard InChI is InChI=1S/C33H40N10O5/c1-6-41-18-23(20(2)40-41)31(46)39-33-38-24-14-21(19-44)15-27(48-13-9-10-35-3)29(24)43(33)12-8-7-11-42-28-25(37-32(42)36-4)16-22(30(34)45)17-26(28)47-5/h7-8,14-19,35H,6,9-13H2,1-5H3,(H2,34,45)(H,36,37)(H,38,39,46)/b8-7+. The lowest BCUT2D eigenvalue weighted by Crippen LogP contribution is -2.16. The van der Waals surface area contributed by atoms with E-state index < -0.39 is 5.91 Å². The van der Waals surface area contributed by atoms with Crippen LogP contribution in [0.2, 0.25) is 0 Å². The Labute approximate surface area is 277 Å². The average molecular weight is 657 g/mol. The number of rotatable bonds is 16. The monoisotopic (exact) mass is 656 g/mol. The molecule has 15 nitrogen and oxygen atoms in total. The number of imidazole rings is 2. The number of nitrogens with zero attached hydrogens (tertiary/aromatic N) is 6. The number of carbonyl (C=O) groups is 3. The van der Waals surface area contributed by atoms with E-state index in [1.165, 1.54) is 7.11 Å². The van der Waals surface area contributed by atoms with Crippen molar-refractivity contribution in [3.63, 3.8) is 0 Å². The maximum absolute atomic E-state index is 13.5. The number of hydrogen-bond donors (Lipinski definition) is 4. The molecule has 0 unspecified atom stereocenters. The SMILES string of the molecule is CCn1cc(C(=O)Nc2nc3cc(C=O)cc(OCCCNC)c3n2C/C=C/Cn2c(NC)nc3cc(C(N)=O)cc(OC)c32)c(C)n1. The van der Waals surface area contributed by atoms with Gasteiger partial charge < -0.3 is 35.0 Å². The molecule has 0 saturated carbocycles. The first-order chi connectivity index (χ1) is 23.2. The number of aryl methyl sites for hydroxylation is 2. The van der Waals surface area contributed by atoms with E-state index in [9.17, 15) is 14.4 Å². The van der Waals surface area contributed by atoms with Crippen molar-refractivity contribution in [2.45, 2.75) is 39.9 Å². The minimum absolute atomic E-state index is 0.288. The third-order valence-corrected chi connectivity index (χ3v) is 7.81. The number of primary amides is 1. The predicted molar refractivity (Wildman–Crippen MR) is 183 cm³/mol. The van der Waals surface area contributed by atoms with Crippen LogP contribution in [0.25, 0.3) is 22.1 Å². The highest BCUT2D eigenvalue weighted by molar-refractivity contribution is 6.05. The van der Waals surface area contributed by atoms with Crippen LogP contribution < -0.4 is 31.2 Å². The summed E-state index contributed by atoms with van der Waals surface area (Å²) in [5.74, 6) is 0.863. The van der Waals surface area contributed by atoms with Gasteiger partial charge in [0.15, 0.2) is 0 Å². The molecule has 0 atom stereocenters. The first-order valence-corrected chi connectivity index (χ1v) is 15.6. The van der Waals surface area contributed by atoms with Crippen molar-refractivity contribution in [2.24, 2.45) is 5.73 Å². The second kappa shape index (κ2) is 14.8. The highest BCUT2D eigenvalue weighted by Crippen LogP contribution is 2.32. The molecule has 0 bridgehead atoms. The molecule has 0 saturated heterocycles. The molecule has 48 heavy (non-hydrogen) atoms. The molecule has 15 heteroatoms. The van der Waals surface area contributed by atoms with Gasteiger partial charge in [-0.3, -0.25) is 24.4 Å². The Kier molecular flexibility index (Phi) is 10.4. The number of amides is 2. The topological polar surface area (TPSA) is 185 Å². The van der Waals surface area contributed by atoms with Crippen LogP contribution in [0.5, 0.6) is 11.5 Å². The van der Waals surface area contributed by atoms with Gasteiger partial charge in [0.1, 0.15) is 28.8 Å². The molecule has 3 aromatic heterocycles. The van der Waals surface area contributed by atoms with Crippen LogP contribution >= 0.6 is 0 Å². The Morgan fingerprint density at radius 2 is 1.67 bits per heavy atom. The molecule has 5 N–H and O–H groups in total. The van der Waals surface area contributed by atoms with Crippen molar-refractivity contribution in [1.82, 2.24) is 34.2 Å². The van der Waals surface area contributed by atoms with Crippen LogP contribution in [0.3, 0.4) is 0 Å². The minimum atomic E-state index is -0.578. The van der Waals surface area contributed by atoms with Crippen molar-refractivity contribution >= 4 is 52.1 Å². The zero-order chi connectivity index (χ0) is 34.4. The lowest BCUT2D eigenvalue weighted by Gasteiger charge is -2.13. The number of ether oxygens (including phenoxy) is 2. The number of nitrogens with one attached hydrogen (secondary N) is 3. The molecule has 0 aliphatic heterocycles. The van der Waals surface area contributed by atoms with Crippen LogP contribution in [0.4, 0.5) is 11.9 Å². The van der Waals surface area contributed by atoms with E-state index in [4.69, 9.17) is 20.2 Å². The van der Waals surface area contributed by atoms with E-state index in [1.807, 2.05) is 35.3 Å². The quantitative estimate of drug-likeness (QED) is 0.0697. The van der Waals surface area contributed by atoms with Gasteiger partial charge in [0.25, 0.3) is 5.91 Å². The molecule has 3 heterocycles. The zero-order valence-electron chi connectivity index (χ0n) is 27.7. The van der Waals surface area contributed by atoms with E-state index in [1.54, 1.807) is 49.1 Å². The fourth-order valence-corrected chi connectivity index (χ4v) is 5.46. The van der Waals surface area contributed by atoms with Gasteiger partial charge in [0.2, 0.25) is 17.8 Å². The number of nitrogens with two attached hydrogens (primary N) is 1. The first-order valence-electron chi connectivity index (χ1n) is 15.6. The highest BCUT2D eigenvalue weighted by Gasteiger charge is 2.21. The van der Waals surface area contributed by atoms with Gasteiger partial charge in [-0.2, -0.15) is 5.10 Å². The molecule has 5 rings (SSSR count). The minimum Gasteiger partial charge on any atom is -0.494 e. The number of allylic oxidation sites excluding steroid dienone is 2. The Bertz CT molecular complexity index is 2010. The summed E-state index contributed by atoms with van der Waals surface area (Å²) in [5.41, 5.74) is 9.64. The van der Waals surface area contributed by atoms with Crippen molar-refractivity contribution in [3.05, 3.63) is 65.0 Å². The zero-order valence-corrected chi connectivity index (χ0v) is 27.7. The second-order valence-corrected chi connectivity index (χ2v) is 11.0. The number of hydrogen-bond acceptors (Lipinski definition) is 10. The Morgan fingerprint density at radius 1 is 0.979 bits per heavy atom. The lowest BCUT2D eigenvalue weighted by atomic mass is 10.1. The first kappa shape index (κ1) is 33.7. The Morgan fingerprint density at radius 3 is 2.29 bits per heavy atom. The Hall–Kier alpha value is -5.70. The van der Waals surface area contributed by atoms with Crippen molar-refractivity contribution in [3.8, 4) is 11.5 Å².